The summed E-state index contributed by atoms with van der Waals surface area (Å²) < 4.78 is 2.64. The molecule has 248 valence electrons. The van der Waals surface area contributed by atoms with Crippen molar-refractivity contribution >= 4 is 76.7 Å². The van der Waals surface area contributed by atoms with Crippen molar-refractivity contribution in [1.29, 1.82) is 0 Å². The Bertz CT molecular complexity index is 2820. The van der Waals surface area contributed by atoms with Crippen LogP contribution in [0.4, 0.5) is 17.1 Å². The molecule has 0 amide bonds. The fourth-order valence-electron chi connectivity index (χ4n) is 9.11. The summed E-state index contributed by atoms with van der Waals surface area (Å²) in [5.74, 6) is 0.370. The molecule has 0 spiro atoms. The molecule has 0 saturated carbocycles. The third-order valence-corrected chi connectivity index (χ3v) is 14.2. The highest BCUT2D eigenvalue weighted by atomic mass is 32.2. The van der Waals surface area contributed by atoms with Crippen LogP contribution in [0, 0.1) is 0 Å². The summed E-state index contributed by atoms with van der Waals surface area (Å²) in [4.78, 5) is 3.87. The lowest BCUT2D eigenvalue weighted by Crippen LogP contribution is -2.16. The van der Waals surface area contributed by atoms with Crippen molar-refractivity contribution in [2.75, 3.05) is 4.90 Å². The zero-order valence-corrected chi connectivity index (χ0v) is 30.6. The molecule has 0 bridgehead atoms. The fraction of sp³-hybridized carbons (Fsp3) is 0.102. The largest absolute Gasteiger partial charge is 0.310 e. The zero-order valence-electron chi connectivity index (χ0n) is 29.0. The normalized spacial score (nSPS) is 17.9. The lowest BCUT2D eigenvalue weighted by molar-refractivity contribution is 0.660. The Morgan fingerprint density at radius 2 is 1.29 bits per heavy atom. The van der Waals surface area contributed by atoms with E-state index >= 15 is 0 Å². The van der Waals surface area contributed by atoms with Gasteiger partial charge >= 0.3 is 0 Å². The van der Waals surface area contributed by atoms with E-state index in [4.69, 9.17) is 0 Å². The molecule has 3 heteroatoms. The summed E-state index contributed by atoms with van der Waals surface area (Å²) in [6.45, 7) is 4.73. The van der Waals surface area contributed by atoms with Crippen LogP contribution in [0.3, 0.4) is 0 Å². The molecule has 0 radical (unpaired) electrons. The van der Waals surface area contributed by atoms with Crippen LogP contribution in [0.25, 0.3) is 47.6 Å². The van der Waals surface area contributed by atoms with E-state index in [1.54, 1.807) is 0 Å². The predicted octanol–water partition coefficient (Wildman–Crippen LogP) is 14.2. The maximum absolute atomic E-state index is 2.46. The second-order valence-corrected chi connectivity index (χ2v) is 17.1. The number of allylic oxidation sites excluding steroid dienone is 3. The van der Waals surface area contributed by atoms with E-state index in [1.807, 2.05) is 23.1 Å². The van der Waals surface area contributed by atoms with Gasteiger partial charge in [0.25, 0.3) is 0 Å². The summed E-state index contributed by atoms with van der Waals surface area (Å²) in [5, 5.41) is 5.72. The zero-order chi connectivity index (χ0) is 34.6. The van der Waals surface area contributed by atoms with Gasteiger partial charge in [-0.3, -0.25) is 0 Å². The van der Waals surface area contributed by atoms with Gasteiger partial charge in [0.1, 0.15) is 0 Å². The molecular formula is C49H35NS2. The molecule has 0 N–H and O–H groups in total. The van der Waals surface area contributed by atoms with Crippen LogP contribution in [0.1, 0.15) is 42.0 Å². The van der Waals surface area contributed by atoms with Crippen molar-refractivity contribution in [2.45, 2.75) is 35.3 Å². The average molecular weight is 702 g/mol. The number of hydrogen-bond acceptors (Lipinski definition) is 3. The number of thioether (sulfide) groups is 1. The monoisotopic (exact) mass is 701 g/mol. The number of hydrogen-bond donors (Lipinski definition) is 0. The summed E-state index contributed by atoms with van der Waals surface area (Å²) in [7, 11) is 0. The molecule has 3 aliphatic rings. The molecule has 2 unspecified atom stereocenters. The van der Waals surface area contributed by atoms with Crippen molar-refractivity contribution in [1.82, 2.24) is 0 Å². The van der Waals surface area contributed by atoms with Crippen molar-refractivity contribution in [3.63, 3.8) is 0 Å². The number of benzene rings is 7. The van der Waals surface area contributed by atoms with Crippen LogP contribution in [0.5, 0.6) is 0 Å². The smallest absolute Gasteiger partial charge is 0.0476 e. The highest BCUT2D eigenvalue weighted by Crippen LogP contribution is 2.55. The van der Waals surface area contributed by atoms with Crippen LogP contribution >= 0.6 is 23.1 Å². The molecule has 2 atom stereocenters. The van der Waals surface area contributed by atoms with E-state index in [2.05, 4.69) is 183 Å². The second kappa shape index (κ2) is 11.3. The molecule has 2 aliphatic carbocycles. The number of thiophene rings is 1. The predicted molar refractivity (Wildman–Crippen MR) is 225 cm³/mol. The van der Waals surface area contributed by atoms with Gasteiger partial charge in [-0.25, -0.2) is 0 Å². The van der Waals surface area contributed by atoms with E-state index in [-0.39, 0.29) is 5.41 Å². The highest BCUT2D eigenvalue weighted by molar-refractivity contribution is 8.00. The lowest BCUT2D eigenvalue weighted by atomic mass is 9.82. The number of nitrogens with zero attached hydrogens (tertiary/aromatic N) is 1. The van der Waals surface area contributed by atoms with E-state index < -0.39 is 0 Å². The standard InChI is InChI=1S/C49H35NS2/c1-49(2)42-16-7-5-12-37(42)38-25-23-33(28-43(38)49)50(34-24-26-40-39-13-6-8-17-44(39)51-46(40)29-34)32-21-18-31(19-22-32)36-14-9-15-41-47-35-11-4-3-10-30(35)20-27-45(47)52-48(36)41/h3-29,41,48H,1-2H3. The molecule has 52 heavy (non-hydrogen) atoms. The van der Waals surface area contributed by atoms with Crippen LogP contribution in [-0.2, 0) is 5.41 Å². The van der Waals surface area contributed by atoms with Crippen molar-refractivity contribution in [3.8, 4) is 11.1 Å². The molecule has 7 aromatic carbocycles. The first-order valence-corrected chi connectivity index (χ1v) is 19.9. The number of rotatable bonds is 4. The molecule has 2 heterocycles. The van der Waals surface area contributed by atoms with Gasteiger partial charge in [0.05, 0.1) is 0 Å². The van der Waals surface area contributed by atoms with Gasteiger partial charge < -0.3 is 4.90 Å². The van der Waals surface area contributed by atoms with Crippen molar-refractivity contribution in [3.05, 3.63) is 186 Å². The maximum Gasteiger partial charge on any atom is 0.0476 e. The van der Waals surface area contributed by atoms with E-state index in [0.29, 0.717) is 11.2 Å². The molecule has 1 nitrogen and oxygen atoms in total. The minimum absolute atomic E-state index is 0.0771. The molecule has 1 aromatic heterocycles. The van der Waals surface area contributed by atoms with E-state index in [9.17, 15) is 0 Å². The summed E-state index contributed by atoms with van der Waals surface area (Å²) in [5.41, 5.74) is 13.1. The Morgan fingerprint density at radius 3 is 2.19 bits per heavy atom. The van der Waals surface area contributed by atoms with Crippen molar-refractivity contribution in [2.24, 2.45) is 0 Å². The molecule has 11 rings (SSSR count). The highest BCUT2D eigenvalue weighted by Gasteiger charge is 2.38. The van der Waals surface area contributed by atoms with Crippen LogP contribution in [0.15, 0.2) is 169 Å². The van der Waals surface area contributed by atoms with Crippen LogP contribution in [-0.4, -0.2) is 5.25 Å². The quantitative estimate of drug-likeness (QED) is 0.180. The first-order valence-electron chi connectivity index (χ1n) is 18.2. The SMILES string of the molecule is CC1(C)c2ccccc2-c2ccc(N(c3ccc(C4=CC=CC5c6c(ccc7ccccc67)SC45)cc3)c3ccc4c(c3)sc3ccccc34)cc21. The van der Waals surface area contributed by atoms with Crippen molar-refractivity contribution < 1.29 is 0 Å². The molecule has 1 aliphatic heterocycles. The van der Waals surface area contributed by atoms with Gasteiger partial charge in [-0.2, -0.15) is 0 Å². The Morgan fingerprint density at radius 1 is 0.577 bits per heavy atom. The van der Waals surface area contributed by atoms with E-state index in [1.165, 1.54) is 86.2 Å². The van der Waals surface area contributed by atoms with Gasteiger partial charge in [-0.15, -0.1) is 23.1 Å². The molecular weight excluding hydrogens is 667 g/mol. The maximum atomic E-state index is 2.46. The summed E-state index contributed by atoms with van der Waals surface area (Å²) >= 11 is 3.90. The minimum Gasteiger partial charge on any atom is -0.310 e. The van der Waals surface area contributed by atoms with Crippen LogP contribution < -0.4 is 4.90 Å². The molecule has 0 saturated heterocycles. The molecule has 8 aromatic rings. The minimum atomic E-state index is -0.0771. The topological polar surface area (TPSA) is 3.24 Å². The Labute approximate surface area is 312 Å². The third kappa shape index (κ3) is 4.43. The average Bonchev–Trinajstić information content (AvgIpc) is 3.83. The first kappa shape index (κ1) is 30.3. The van der Waals surface area contributed by atoms with Gasteiger partial charge in [0, 0.05) is 58.7 Å². The number of anilines is 3. The Kier molecular flexibility index (Phi) is 6.60. The van der Waals surface area contributed by atoms with Gasteiger partial charge in [0.15, 0.2) is 0 Å². The number of fused-ring (bicyclic) bond motifs is 11. The lowest BCUT2D eigenvalue weighted by Gasteiger charge is -2.29. The molecule has 0 fully saturated rings. The third-order valence-electron chi connectivity index (χ3n) is 11.6. The summed E-state index contributed by atoms with van der Waals surface area (Å²) in [6.07, 6.45) is 7.02. The Hall–Kier alpha value is -5.35. The van der Waals surface area contributed by atoms with Gasteiger partial charge in [-0.1, -0.05) is 129 Å². The second-order valence-electron chi connectivity index (χ2n) is 14.8. The summed E-state index contributed by atoms with van der Waals surface area (Å²) in [6, 6.07) is 54.6. The van der Waals surface area contributed by atoms with Gasteiger partial charge in [-0.05, 0) is 98.3 Å². The van der Waals surface area contributed by atoms with E-state index in [0.717, 1.165) is 5.69 Å². The van der Waals surface area contributed by atoms with Gasteiger partial charge in [0.2, 0.25) is 0 Å². The van der Waals surface area contributed by atoms with Crippen LogP contribution in [0.2, 0.25) is 0 Å². The first-order chi connectivity index (χ1) is 25.5. The Balaban J connectivity index is 1.01. The fourth-order valence-corrected chi connectivity index (χ4v) is 11.8.